The van der Waals surface area contributed by atoms with Gasteiger partial charge in [0.15, 0.2) is 0 Å². The number of carbonyl (C=O) groups is 1. The van der Waals surface area contributed by atoms with Gasteiger partial charge in [-0.3, -0.25) is 9.48 Å². The lowest BCUT2D eigenvalue weighted by atomic mass is 10.1. The Morgan fingerprint density at radius 2 is 1.70 bits per heavy atom. The van der Waals surface area contributed by atoms with E-state index in [1.165, 1.54) is 5.56 Å². The van der Waals surface area contributed by atoms with Gasteiger partial charge in [-0.25, -0.2) is 0 Å². The van der Waals surface area contributed by atoms with E-state index in [1.54, 1.807) is 50.6 Å². The summed E-state index contributed by atoms with van der Waals surface area (Å²) in [4.78, 5) is 14.4. The molecule has 0 atom stereocenters. The van der Waals surface area contributed by atoms with Gasteiger partial charge in [0, 0.05) is 37.0 Å². The zero-order valence-corrected chi connectivity index (χ0v) is 15.8. The number of methoxy groups -OCH3 is 2. The van der Waals surface area contributed by atoms with E-state index in [0.29, 0.717) is 30.2 Å². The Kier molecular flexibility index (Phi) is 5.76. The van der Waals surface area contributed by atoms with Gasteiger partial charge >= 0.3 is 0 Å². The average molecular weight is 365 g/mol. The van der Waals surface area contributed by atoms with Gasteiger partial charge in [0.05, 0.1) is 27.0 Å². The molecule has 0 N–H and O–H groups in total. The Morgan fingerprint density at radius 1 is 1.04 bits per heavy atom. The van der Waals surface area contributed by atoms with Crippen LogP contribution in [0.5, 0.6) is 11.5 Å². The first-order chi connectivity index (χ1) is 13.1. The fourth-order valence-electron chi connectivity index (χ4n) is 2.84. The van der Waals surface area contributed by atoms with Crippen LogP contribution in [0.1, 0.15) is 21.5 Å². The first-order valence-electron chi connectivity index (χ1n) is 8.63. The molecule has 0 spiro atoms. The highest BCUT2D eigenvalue weighted by Crippen LogP contribution is 2.23. The monoisotopic (exact) mass is 365 g/mol. The van der Waals surface area contributed by atoms with Crippen molar-refractivity contribution in [3.8, 4) is 11.5 Å². The first-order valence-corrected chi connectivity index (χ1v) is 8.63. The average Bonchev–Trinajstić information content (AvgIpc) is 3.14. The summed E-state index contributed by atoms with van der Waals surface area (Å²) < 4.78 is 12.4. The number of nitrogens with zero attached hydrogens (tertiary/aromatic N) is 3. The fraction of sp³-hybridized carbons (Fsp3) is 0.238. The van der Waals surface area contributed by atoms with Crippen molar-refractivity contribution in [1.29, 1.82) is 0 Å². The molecule has 0 aliphatic carbocycles. The molecular weight excluding hydrogens is 342 g/mol. The van der Waals surface area contributed by atoms with Crippen LogP contribution < -0.4 is 9.47 Å². The molecule has 1 heterocycles. The summed E-state index contributed by atoms with van der Waals surface area (Å²) in [6.07, 6.45) is 3.75. The lowest BCUT2D eigenvalue weighted by molar-refractivity contribution is 0.0784. The van der Waals surface area contributed by atoms with Gasteiger partial charge in [-0.05, 0) is 17.7 Å². The van der Waals surface area contributed by atoms with Crippen LogP contribution in [0.3, 0.4) is 0 Å². The molecule has 3 rings (SSSR count). The van der Waals surface area contributed by atoms with Crippen LogP contribution in [0.15, 0.2) is 60.9 Å². The van der Waals surface area contributed by atoms with Crippen LogP contribution in [0, 0.1) is 0 Å². The Morgan fingerprint density at radius 3 is 2.33 bits per heavy atom. The third-order valence-electron chi connectivity index (χ3n) is 4.24. The van der Waals surface area contributed by atoms with Crippen LogP contribution in [0.2, 0.25) is 0 Å². The van der Waals surface area contributed by atoms with Crippen LogP contribution in [0.25, 0.3) is 0 Å². The summed E-state index contributed by atoms with van der Waals surface area (Å²) in [6, 6.07) is 15.3. The minimum absolute atomic E-state index is 0.108. The number of benzene rings is 2. The second kappa shape index (κ2) is 8.40. The molecule has 0 fully saturated rings. The Balaban J connectivity index is 1.68. The fourth-order valence-corrected chi connectivity index (χ4v) is 2.84. The second-order valence-electron chi connectivity index (χ2n) is 6.29. The van der Waals surface area contributed by atoms with Crippen molar-refractivity contribution in [2.45, 2.75) is 13.1 Å². The third-order valence-corrected chi connectivity index (χ3v) is 4.24. The molecule has 0 aliphatic rings. The number of carbonyl (C=O) groups excluding carboxylic acids is 1. The van der Waals surface area contributed by atoms with Crippen molar-refractivity contribution in [2.75, 3.05) is 21.3 Å². The van der Waals surface area contributed by atoms with Crippen molar-refractivity contribution in [3.05, 3.63) is 77.6 Å². The van der Waals surface area contributed by atoms with E-state index in [4.69, 9.17) is 9.47 Å². The Hall–Kier alpha value is -3.28. The van der Waals surface area contributed by atoms with Crippen molar-refractivity contribution in [1.82, 2.24) is 14.7 Å². The highest BCUT2D eigenvalue weighted by Gasteiger charge is 2.15. The van der Waals surface area contributed by atoms with Crippen LogP contribution in [0.4, 0.5) is 0 Å². The molecule has 0 saturated heterocycles. The molecule has 140 valence electrons. The van der Waals surface area contributed by atoms with Crippen molar-refractivity contribution in [2.24, 2.45) is 0 Å². The molecule has 0 unspecified atom stereocenters. The van der Waals surface area contributed by atoms with E-state index < -0.39 is 0 Å². The third kappa shape index (κ3) is 4.67. The normalized spacial score (nSPS) is 10.5. The summed E-state index contributed by atoms with van der Waals surface area (Å²) in [6.45, 7) is 1.17. The van der Waals surface area contributed by atoms with E-state index in [-0.39, 0.29) is 5.91 Å². The van der Waals surface area contributed by atoms with Gasteiger partial charge < -0.3 is 14.4 Å². The van der Waals surface area contributed by atoms with Gasteiger partial charge in [0.1, 0.15) is 11.5 Å². The molecule has 0 bridgehead atoms. The predicted octanol–water partition coefficient (Wildman–Crippen LogP) is 3.22. The van der Waals surface area contributed by atoms with E-state index in [9.17, 15) is 4.79 Å². The molecule has 1 amide bonds. The maximum absolute atomic E-state index is 12.8. The molecule has 27 heavy (non-hydrogen) atoms. The number of hydrogen-bond acceptors (Lipinski definition) is 4. The minimum atomic E-state index is -0.108. The van der Waals surface area contributed by atoms with Crippen molar-refractivity contribution < 1.29 is 14.3 Å². The molecular formula is C21H23N3O3. The predicted molar refractivity (Wildman–Crippen MR) is 103 cm³/mol. The Bertz CT molecular complexity index is 884. The lowest BCUT2D eigenvalue weighted by Crippen LogP contribution is -2.26. The van der Waals surface area contributed by atoms with Crippen LogP contribution in [-0.2, 0) is 13.1 Å². The summed E-state index contributed by atoms with van der Waals surface area (Å²) in [5, 5.41) is 4.39. The smallest absolute Gasteiger partial charge is 0.254 e. The maximum atomic E-state index is 12.8. The summed E-state index contributed by atoms with van der Waals surface area (Å²) in [5.74, 6) is 1.06. The molecule has 0 aliphatic heterocycles. The van der Waals surface area contributed by atoms with E-state index in [0.717, 1.165) is 5.56 Å². The topological polar surface area (TPSA) is 56.6 Å². The number of hydrogen-bond donors (Lipinski definition) is 0. The molecule has 0 radical (unpaired) electrons. The van der Waals surface area contributed by atoms with Crippen molar-refractivity contribution in [3.63, 3.8) is 0 Å². The zero-order valence-electron chi connectivity index (χ0n) is 15.8. The molecule has 1 aromatic heterocycles. The van der Waals surface area contributed by atoms with Gasteiger partial charge in [0.25, 0.3) is 5.91 Å². The number of rotatable bonds is 7. The molecule has 3 aromatic rings. The lowest BCUT2D eigenvalue weighted by Gasteiger charge is -2.17. The SMILES string of the molecule is COc1cc(OC)cc(C(=O)N(C)Cc2cnn(Cc3ccccc3)c2)c1. The molecule has 0 saturated carbocycles. The van der Waals surface area contributed by atoms with E-state index >= 15 is 0 Å². The largest absolute Gasteiger partial charge is 0.497 e. The molecule has 2 aromatic carbocycles. The minimum Gasteiger partial charge on any atom is -0.497 e. The highest BCUT2D eigenvalue weighted by molar-refractivity contribution is 5.94. The molecule has 6 heteroatoms. The van der Waals surface area contributed by atoms with E-state index in [2.05, 4.69) is 17.2 Å². The van der Waals surface area contributed by atoms with Gasteiger partial charge in [-0.1, -0.05) is 30.3 Å². The second-order valence-corrected chi connectivity index (χ2v) is 6.29. The first kappa shape index (κ1) is 18.5. The van der Waals surface area contributed by atoms with E-state index in [1.807, 2.05) is 29.1 Å². The number of amides is 1. The van der Waals surface area contributed by atoms with Gasteiger partial charge in [0.2, 0.25) is 0 Å². The quantitative estimate of drug-likeness (QED) is 0.645. The highest BCUT2D eigenvalue weighted by atomic mass is 16.5. The summed E-state index contributed by atoms with van der Waals surface area (Å²) >= 11 is 0. The zero-order chi connectivity index (χ0) is 19.2. The van der Waals surface area contributed by atoms with Gasteiger partial charge in [-0.15, -0.1) is 0 Å². The van der Waals surface area contributed by atoms with Crippen LogP contribution >= 0.6 is 0 Å². The maximum Gasteiger partial charge on any atom is 0.254 e. The standard InChI is InChI=1S/C21H23N3O3/c1-23(21(25)18-9-19(26-2)11-20(10-18)27-3)13-17-12-22-24(15-17)14-16-7-5-4-6-8-16/h4-12,15H,13-14H2,1-3H3. The number of ether oxygens (including phenoxy) is 2. The summed E-state index contributed by atoms with van der Waals surface area (Å²) in [5.41, 5.74) is 2.67. The summed E-state index contributed by atoms with van der Waals surface area (Å²) in [7, 11) is 4.89. The van der Waals surface area contributed by atoms with Gasteiger partial charge in [-0.2, -0.15) is 5.10 Å². The van der Waals surface area contributed by atoms with Crippen LogP contribution in [-0.4, -0.2) is 41.9 Å². The number of aromatic nitrogens is 2. The van der Waals surface area contributed by atoms with Crippen molar-refractivity contribution >= 4 is 5.91 Å². The molecule has 6 nitrogen and oxygen atoms in total. The Labute approximate surface area is 158 Å².